The summed E-state index contributed by atoms with van der Waals surface area (Å²) in [6.45, 7) is 2.82. The Balaban J connectivity index is 1.73. The fourth-order valence-electron chi connectivity index (χ4n) is 2.73. The number of anilines is 1. The number of amides is 2. The van der Waals surface area contributed by atoms with Gasteiger partial charge in [0.1, 0.15) is 5.76 Å². The molecular weight excluding hydrogens is 383 g/mol. The number of aryl methyl sites for hydroxylation is 1. The van der Waals surface area contributed by atoms with E-state index in [-0.39, 0.29) is 6.03 Å². The zero-order valence-electron chi connectivity index (χ0n) is 14.9. The van der Waals surface area contributed by atoms with Crippen molar-refractivity contribution in [1.82, 2.24) is 4.90 Å². The van der Waals surface area contributed by atoms with Crippen LogP contribution >= 0.6 is 23.2 Å². The Kier molecular flexibility index (Phi) is 6.43. The number of urea groups is 1. The van der Waals surface area contributed by atoms with Crippen LogP contribution in [0.5, 0.6) is 0 Å². The summed E-state index contributed by atoms with van der Waals surface area (Å²) in [6.07, 6.45) is 2.21. The highest BCUT2D eigenvalue weighted by Crippen LogP contribution is 2.22. The van der Waals surface area contributed by atoms with Gasteiger partial charge in [-0.15, -0.1) is 0 Å². The van der Waals surface area contributed by atoms with Gasteiger partial charge < -0.3 is 14.6 Å². The number of halogens is 2. The number of hydrogen-bond donors (Lipinski definition) is 1. The van der Waals surface area contributed by atoms with Gasteiger partial charge in [-0.1, -0.05) is 47.5 Å². The molecule has 0 unspecified atom stereocenters. The first-order chi connectivity index (χ1) is 13.0. The summed E-state index contributed by atoms with van der Waals surface area (Å²) in [5.74, 6) is 0.720. The molecule has 0 spiro atoms. The fraction of sp³-hybridized carbons (Fsp3) is 0.190. The highest BCUT2D eigenvalue weighted by Gasteiger charge is 2.17. The van der Waals surface area contributed by atoms with Gasteiger partial charge in [0.15, 0.2) is 0 Å². The van der Waals surface area contributed by atoms with Crippen LogP contribution in [0.2, 0.25) is 10.0 Å². The molecule has 1 aromatic heterocycles. The number of carbonyl (C=O) groups is 1. The Morgan fingerprint density at radius 3 is 2.63 bits per heavy atom. The molecule has 0 aliphatic heterocycles. The highest BCUT2D eigenvalue weighted by atomic mass is 35.5. The van der Waals surface area contributed by atoms with Crippen molar-refractivity contribution in [3.63, 3.8) is 0 Å². The van der Waals surface area contributed by atoms with Crippen molar-refractivity contribution in [3.8, 4) is 0 Å². The molecule has 0 saturated carbocycles. The molecule has 0 radical (unpaired) electrons. The van der Waals surface area contributed by atoms with Crippen molar-refractivity contribution in [3.05, 3.63) is 87.8 Å². The molecule has 6 heteroatoms. The van der Waals surface area contributed by atoms with Crippen molar-refractivity contribution >= 4 is 34.9 Å². The van der Waals surface area contributed by atoms with Crippen molar-refractivity contribution < 1.29 is 9.21 Å². The number of furan rings is 1. The molecular formula is C21H20Cl2N2O2. The zero-order chi connectivity index (χ0) is 19.2. The third-order valence-corrected chi connectivity index (χ3v) is 4.85. The maximum Gasteiger partial charge on any atom is 0.322 e. The number of nitrogens with zero attached hydrogens (tertiary/aromatic N) is 1. The van der Waals surface area contributed by atoms with Gasteiger partial charge in [0, 0.05) is 22.3 Å². The molecule has 1 heterocycles. The summed E-state index contributed by atoms with van der Waals surface area (Å²) in [5.41, 5.74) is 2.73. The topological polar surface area (TPSA) is 45.5 Å². The van der Waals surface area contributed by atoms with E-state index in [1.165, 1.54) is 0 Å². The second kappa shape index (κ2) is 8.98. The lowest BCUT2D eigenvalue weighted by Crippen LogP contribution is -2.36. The number of para-hydroxylation sites is 1. The summed E-state index contributed by atoms with van der Waals surface area (Å²) in [6, 6.07) is 16.5. The molecule has 140 valence electrons. The molecule has 2 amide bonds. The van der Waals surface area contributed by atoms with E-state index >= 15 is 0 Å². The van der Waals surface area contributed by atoms with Gasteiger partial charge >= 0.3 is 6.03 Å². The van der Waals surface area contributed by atoms with Gasteiger partial charge in [0.05, 0.1) is 12.8 Å². The maximum absolute atomic E-state index is 12.9. The monoisotopic (exact) mass is 402 g/mol. The predicted molar refractivity (Wildman–Crippen MR) is 109 cm³/mol. The SMILES string of the molecule is Cc1ccccc1NC(=O)N(CCc1ccc(Cl)cc1Cl)Cc1ccco1. The van der Waals surface area contributed by atoms with Crippen molar-refractivity contribution in [1.29, 1.82) is 0 Å². The molecule has 3 aromatic rings. The van der Waals surface area contributed by atoms with Crippen LogP contribution in [0.3, 0.4) is 0 Å². The van der Waals surface area contributed by atoms with Gasteiger partial charge in [0.25, 0.3) is 0 Å². The number of nitrogens with one attached hydrogen (secondary N) is 1. The van der Waals surface area contributed by atoms with Crippen molar-refractivity contribution in [2.24, 2.45) is 0 Å². The van der Waals surface area contributed by atoms with Crippen LogP contribution in [0.15, 0.2) is 65.3 Å². The number of hydrogen-bond acceptors (Lipinski definition) is 2. The van der Waals surface area contributed by atoms with E-state index in [9.17, 15) is 4.79 Å². The third-order valence-electron chi connectivity index (χ3n) is 4.27. The number of carbonyl (C=O) groups excluding carboxylic acids is 1. The summed E-state index contributed by atoms with van der Waals surface area (Å²) < 4.78 is 5.41. The minimum atomic E-state index is -0.189. The molecule has 0 fully saturated rings. The lowest BCUT2D eigenvalue weighted by atomic mass is 10.1. The molecule has 0 aliphatic carbocycles. The Hall–Kier alpha value is -2.43. The van der Waals surface area contributed by atoms with Crippen LogP contribution in [0, 0.1) is 6.92 Å². The van der Waals surface area contributed by atoms with E-state index < -0.39 is 0 Å². The predicted octanol–water partition coefficient (Wildman–Crippen LogP) is 6.17. The van der Waals surface area contributed by atoms with Gasteiger partial charge in [-0.2, -0.15) is 0 Å². The van der Waals surface area contributed by atoms with Gasteiger partial charge in [-0.05, 0) is 54.8 Å². The molecule has 0 saturated heterocycles. The lowest BCUT2D eigenvalue weighted by molar-refractivity contribution is 0.205. The minimum Gasteiger partial charge on any atom is -0.467 e. The third kappa shape index (κ3) is 5.28. The van der Waals surface area contributed by atoms with Crippen LogP contribution < -0.4 is 5.32 Å². The number of benzene rings is 2. The van der Waals surface area contributed by atoms with Gasteiger partial charge in [-0.25, -0.2) is 4.79 Å². The largest absolute Gasteiger partial charge is 0.467 e. The molecule has 2 aromatic carbocycles. The normalized spacial score (nSPS) is 10.6. The molecule has 0 bridgehead atoms. The Morgan fingerprint density at radius 2 is 1.93 bits per heavy atom. The summed E-state index contributed by atoms with van der Waals surface area (Å²) in [5, 5.41) is 4.16. The Bertz CT molecular complexity index is 910. The van der Waals surface area contributed by atoms with E-state index in [2.05, 4.69) is 5.32 Å². The second-order valence-electron chi connectivity index (χ2n) is 6.23. The molecule has 0 aliphatic rings. The van der Waals surface area contributed by atoms with Crippen molar-refractivity contribution in [2.75, 3.05) is 11.9 Å². The first-order valence-electron chi connectivity index (χ1n) is 8.61. The van der Waals surface area contributed by atoms with Gasteiger partial charge in [-0.3, -0.25) is 0 Å². The standard InChI is InChI=1S/C21H20Cl2N2O2/c1-15-5-2-3-7-20(15)24-21(26)25(14-18-6-4-12-27-18)11-10-16-8-9-17(22)13-19(16)23/h2-9,12-13H,10-11,14H2,1H3,(H,24,26). The van der Waals surface area contributed by atoms with Crippen LogP contribution in [0.4, 0.5) is 10.5 Å². The fourth-order valence-corrected chi connectivity index (χ4v) is 3.23. The Morgan fingerprint density at radius 1 is 1.11 bits per heavy atom. The quantitative estimate of drug-likeness (QED) is 0.535. The van der Waals surface area contributed by atoms with Crippen LogP contribution in [0.25, 0.3) is 0 Å². The second-order valence-corrected chi connectivity index (χ2v) is 7.08. The van der Waals surface area contributed by atoms with E-state index in [1.54, 1.807) is 23.3 Å². The summed E-state index contributed by atoms with van der Waals surface area (Å²) in [4.78, 5) is 14.6. The zero-order valence-corrected chi connectivity index (χ0v) is 16.4. The average molecular weight is 403 g/mol. The molecule has 4 nitrogen and oxygen atoms in total. The molecule has 27 heavy (non-hydrogen) atoms. The van der Waals surface area contributed by atoms with Crippen LogP contribution in [0.1, 0.15) is 16.9 Å². The van der Waals surface area contributed by atoms with E-state index in [0.717, 1.165) is 22.6 Å². The van der Waals surface area contributed by atoms with Crippen LogP contribution in [-0.2, 0) is 13.0 Å². The summed E-state index contributed by atoms with van der Waals surface area (Å²) in [7, 11) is 0. The lowest BCUT2D eigenvalue weighted by Gasteiger charge is -2.23. The van der Waals surface area contributed by atoms with E-state index in [1.807, 2.05) is 49.4 Å². The van der Waals surface area contributed by atoms with Crippen molar-refractivity contribution in [2.45, 2.75) is 19.9 Å². The Labute approximate surface area is 168 Å². The average Bonchev–Trinajstić information content (AvgIpc) is 3.15. The molecule has 3 rings (SSSR count). The molecule has 0 atom stereocenters. The first-order valence-corrected chi connectivity index (χ1v) is 9.36. The highest BCUT2D eigenvalue weighted by molar-refractivity contribution is 6.35. The number of rotatable bonds is 6. The van der Waals surface area contributed by atoms with E-state index in [0.29, 0.717) is 29.6 Å². The van der Waals surface area contributed by atoms with Crippen LogP contribution in [-0.4, -0.2) is 17.5 Å². The van der Waals surface area contributed by atoms with E-state index in [4.69, 9.17) is 27.6 Å². The maximum atomic E-state index is 12.9. The minimum absolute atomic E-state index is 0.189. The summed E-state index contributed by atoms with van der Waals surface area (Å²) >= 11 is 12.2. The van der Waals surface area contributed by atoms with Gasteiger partial charge in [0.2, 0.25) is 0 Å². The smallest absolute Gasteiger partial charge is 0.322 e. The first kappa shape index (κ1) is 19.3. The molecule has 1 N–H and O–H groups in total.